The largest absolute Gasteiger partial charge is 0.383 e. The predicted octanol–water partition coefficient (Wildman–Crippen LogP) is 1.49. The maximum absolute atomic E-state index is 6.18. The highest BCUT2D eigenvalue weighted by molar-refractivity contribution is 5.00. The van der Waals surface area contributed by atoms with Crippen LogP contribution in [0.3, 0.4) is 0 Å². The SMILES string of the molecule is COCCN(C(C)C1CC1)C(C)(CN)C1CCOC1. The van der Waals surface area contributed by atoms with Crippen molar-refractivity contribution in [1.29, 1.82) is 0 Å². The molecule has 2 rings (SSSR count). The first-order chi connectivity index (χ1) is 9.13. The van der Waals surface area contributed by atoms with Crippen LogP contribution in [0.15, 0.2) is 0 Å². The second-order valence-corrected chi connectivity index (χ2v) is 6.39. The summed E-state index contributed by atoms with van der Waals surface area (Å²) in [5, 5.41) is 0. The van der Waals surface area contributed by atoms with Gasteiger partial charge < -0.3 is 15.2 Å². The Morgan fingerprint density at radius 2 is 2.16 bits per heavy atom. The van der Waals surface area contributed by atoms with Crippen LogP contribution in [-0.2, 0) is 9.47 Å². The van der Waals surface area contributed by atoms with Crippen molar-refractivity contribution in [3.63, 3.8) is 0 Å². The Bertz CT molecular complexity index is 277. The maximum atomic E-state index is 6.18. The number of nitrogens with zero attached hydrogens (tertiary/aromatic N) is 1. The molecule has 3 atom stereocenters. The fourth-order valence-corrected chi connectivity index (χ4v) is 3.49. The van der Waals surface area contributed by atoms with Gasteiger partial charge in [0.05, 0.1) is 13.2 Å². The van der Waals surface area contributed by atoms with E-state index in [9.17, 15) is 0 Å². The normalized spacial score (nSPS) is 28.6. The molecule has 0 aromatic heterocycles. The van der Waals surface area contributed by atoms with Crippen molar-refractivity contribution in [3.05, 3.63) is 0 Å². The minimum Gasteiger partial charge on any atom is -0.383 e. The molecule has 0 radical (unpaired) electrons. The van der Waals surface area contributed by atoms with Gasteiger partial charge in [0.2, 0.25) is 0 Å². The second kappa shape index (κ2) is 6.53. The third-order valence-electron chi connectivity index (χ3n) is 5.21. The lowest BCUT2D eigenvalue weighted by atomic mass is 9.82. The van der Waals surface area contributed by atoms with Gasteiger partial charge in [-0.3, -0.25) is 4.90 Å². The molecule has 0 bridgehead atoms. The van der Waals surface area contributed by atoms with Crippen molar-refractivity contribution in [2.75, 3.05) is 40.0 Å². The number of ether oxygens (including phenoxy) is 2. The van der Waals surface area contributed by atoms with E-state index >= 15 is 0 Å². The summed E-state index contributed by atoms with van der Waals surface area (Å²) < 4.78 is 10.9. The van der Waals surface area contributed by atoms with Crippen molar-refractivity contribution in [2.45, 2.75) is 44.7 Å². The van der Waals surface area contributed by atoms with Crippen LogP contribution in [0.2, 0.25) is 0 Å². The van der Waals surface area contributed by atoms with Crippen LogP contribution in [0.4, 0.5) is 0 Å². The second-order valence-electron chi connectivity index (χ2n) is 6.39. The Balaban J connectivity index is 2.11. The predicted molar refractivity (Wildman–Crippen MR) is 77.2 cm³/mol. The fourth-order valence-electron chi connectivity index (χ4n) is 3.49. The topological polar surface area (TPSA) is 47.7 Å². The third kappa shape index (κ3) is 3.30. The summed E-state index contributed by atoms with van der Waals surface area (Å²) in [6.07, 6.45) is 3.87. The highest BCUT2D eigenvalue weighted by Crippen LogP contribution is 2.40. The first-order valence-electron chi connectivity index (χ1n) is 7.67. The molecule has 0 aromatic rings. The van der Waals surface area contributed by atoms with Gasteiger partial charge in [-0.05, 0) is 39.0 Å². The van der Waals surface area contributed by atoms with Crippen LogP contribution >= 0.6 is 0 Å². The van der Waals surface area contributed by atoms with Crippen molar-refractivity contribution in [2.24, 2.45) is 17.6 Å². The van der Waals surface area contributed by atoms with Crippen LogP contribution in [0, 0.1) is 11.8 Å². The lowest BCUT2D eigenvalue weighted by molar-refractivity contribution is -0.00752. The molecule has 4 heteroatoms. The van der Waals surface area contributed by atoms with Gasteiger partial charge in [-0.25, -0.2) is 0 Å². The van der Waals surface area contributed by atoms with E-state index in [0.29, 0.717) is 18.5 Å². The quantitative estimate of drug-likeness (QED) is 0.726. The fraction of sp³-hybridized carbons (Fsp3) is 1.00. The van der Waals surface area contributed by atoms with Crippen LogP contribution in [0.25, 0.3) is 0 Å². The molecule has 0 aromatic carbocycles. The molecule has 1 saturated heterocycles. The number of nitrogens with two attached hydrogens (primary N) is 1. The summed E-state index contributed by atoms with van der Waals surface area (Å²) in [4.78, 5) is 2.60. The Morgan fingerprint density at radius 1 is 1.42 bits per heavy atom. The van der Waals surface area contributed by atoms with Crippen LogP contribution in [0.5, 0.6) is 0 Å². The Hall–Kier alpha value is -0.160. The molecule has 112 valence electrons. The average Bonchev–Trinajstić information content (AvgIpc) is 3.13. The molecule has 3 unspecified atom stereocenters. The number of rotatable bonds is 8. The summed E-state index contributed by atoms with van der Waals surface area (Å²) in [7, 11) is 1.78. The van der Waals surface area contributed by atoms with Crippen LogP contribution < -0.4 is 5.73 Å². The lowest BCUT2D eigenvalue weighted by Crippen LogP contribution is -2.61. The molecular formula is C15H30N2O2. The zero-order valence-corrected chi connectivity index (χ0v) is 12.7. The summed E-state index contributed by atoms with van der Waals surface area (Å²) in [5.74, 6) is 1.40. The Morgan fingerprint density at radius 3 is 2.63 bits per heavy atom. The molecule has 0 spiro atoms. The lowest BCUT2D eigenvalue weighted by Gasteiger charge is -2.48. The first kappa shape index (κ1) is 15.2. The van der Waals surface area contributed by atoms with Gasteiger partial charge in [-0.2, -0.15) is 0 Å². The van der Waals surface area contributed by atoms with Gasteiger partial charge in [0, 0.05) is 44.3 Å². The van der Waals surface area contributed by atoms with Crippen LogP contribution in [0.1, 0.15) is 33.1 Å². The first-order valence-corrected chi connectivity index (χ1v) is 7.67. The molecule has 2 aliphatic rings. The monoisotopic (exact) mass is 270 g/mol. The van der Waals surface area contributed by atoms with E-state index < -0.39 is 0 Å². The summed E-state index contributed by atoms with van der Waals surface area (Å²) in [5.41, 5.74) is 6.22. The molecule has 0 amide bonds. The molecule has 1 heterocycles. The van der Waals surface area contributed by atoms with E-state index in [2.05, 4.69) is 18.7 Å². The Kier molecular flexibility index (Phi) is 5.23. The van der Waals surface area contributed by atoms with Gasteiger partial charge in [-0.15, -0.1) is 0 Å². The van der Waals surface area contributed by atoms with E-state index in [-0.39, 0.29) is 5.54 Å². The smallest absolute Gasteiger partial charge is 0.0590 e. The molecule has 4 nitrogen and oxygen atoms in total. The summed E-state index contributed by atoms with van der Waals surface area (Å²) in [6, 6.07) is 0.601. The molecule has 1 saturated carbocycles. The van der Waals surface area contributed by atoms with E-state index in [1.54, 1.807) is 7.11 Å². The molecule has 2 fully saturated rings. The van der Waals surface area contributed by atoms with Gasteiger partial charge >= 0.3 is 0 Å². The summed E-state index contributed by atoms with van der Waals surface area (Å²) >= 11 is 0. The van der Waals surface area contributed by atoms with Crippen molar-refractivity contribution < 1.29 is 9.47 Å². The minimum atomic E-state index is 0.0387. The van der Waals surface area contributed by atoms with E-state index in [1.807, 2.05) is 0 Å². The van der Waals surface area contributed by atoms with E-state index in [0.717, 1.165) is 38.7 Å². The summed E-state index contributed by atoms with van der Waals surface area (Å²) in [6.45, 7) is 8.86. The van der Waals surface area contributed by atoms with Gasteiger partial charge in [0.1, 0.15) is 0 Å². The molecular weight excluding hydrogens is 240 g/mol. The molecule has 1 aliphatic carbocycles. The minimum absolute atomic E-state index is 0.0387. The van der Waals surface area contributed by atoms with Crippen molar-refractivity contribution in [1.82, 2.24) is 4.90 Å². The highest BCUT2D eigenvalue weighted by atomic mass is 16.5. The molecule has 1 aliphatic heterocycles. The van der Waals surface area contributed by atoms with E-state index in [1.165, 1.54) is 12.8 Å². The third-order valence-corrected chi connectivity index (χ3v) is 5.21. The standard InChI is InChI=1S/C15H30N2O2/c1-12(13-4-5-13)17(7-9-18-3)15(2,11-16)14-6-8-19-10-14/h12-14H,4-11,16H2,1-3H3. The Labute approximate surface area is 117 Å². The number of hydrogen-bond acceptors (Lipinski definition) is 4. The van der Waals surface area contributed by atoms with Gasteiger partial charge in [-0.1, -0.05) is 0 Å². The molecule has 2 N–H and O–H groups in total. The van der Waals surface area contributed by atoms with Gasteiger partial charge in [0.15, 0.2) is 0 Å². The molecule has 19 heavy (non-hydrogen) atoms. The average molecular weight is 270 g/mol. The number of methoxy groups -OCH3 is 1. The maximum Gasteiger partial charge on any atom is 0.0590 e. The zero-order valence-electron chi connectivity index (χ0n) is 12.7. The number of hydrogen-bond donors (Lipinski definition) is 1. The van der Waals surface area contributed by atoms with Crippen molar-refractivity contribution >= 4 is 0 Å². The highest BCUT2D eigenvalue weighted by Gasteiger charge is 2.45. The van der Waals surface area contributed by atoms with Crippen LogP contribution in [-0.4, -0.2) is 56.5 Å². The van der Waals surface area contributed by atoms with E-state index in [4.69, 9.17) is 15.2 Å². The van der Waals surface area contributed by atoms with Gasteiger partial charge in [0.25, 0.3) is 0 Å². The van der Waals surface area contributed by atoms with Crippen molar-refractivity contribution in [3.8, 4) is 0 Å². The zero-order chi connectivity index (χ0) is 13.9.